The summed E-state index contributed by atoms with van der Waals surface area (Å²) in [5.41, 5.74) is 1.32. The number of benzene rings is 1. The van der Waals surface area contributed by atoms with Crippen molar-refractivity contribution in [2.24, 2.45) is 0 Å². The molecule has 0 spiro atoms. The van der Waals surface area contributed by atoms with E-state index in [1.54, 1.807) is 30.3 Å². The van der Waals surface area contributed by atoms with Crippen molar-refractivity contribution >= 4 is 22.6 Å². The smallest absolute Gasteiger partial charge is 0.331 e. The van der Waals surface area contributed by atoms with E-state index in [2.05, 4.69) is 5.32 Å². The second kappa shape index (κ2) is 7.75. The molecule has 0 saturated carbocycles. The van der Waals surface area contributed by atoms with Crippen LogP contribution in [0, 0.1) is 0 Å². The van der Waals surface area contributed by atoms with Crippen LogP contribution < -0.4 is 16.6 Å². The van der Waals surface area contributed by atoms with Gasteiger partial charge in [-0.1, -0.05) is 26.0 Å². The van der Waals surface area contributed by atoms with E-state index >= 15 is 0 Å². The number of nitrogens with one attached hydrogen (secondary N) is 1. The third-order valence-electron chi connectivity index (χ3n) is 4.55. The Bertz CT molecular complexity index is 1140. The standard InChI is InChI=1S/C20H24N4O4/c1-4-10-22-17-12-16(14-6-8-15(9-7-14)21-13(3)25)24(28)18(17)19(26)23(11-5-2)20(22)27/h6-9,12,28H,4-5,10-11H2,1-3H3,(H,21,25). The molecule has 0 saturated heterocycles. The molecule has 1 amide bonds. The number of fused-ring (bicyclic) bond motifs is 1. The van der Waals surface area contributed by atoms with E-state index in [4.69, 9.17) is 0 Å². The summed E-state index contributed by atoms with van der Waals surface area (Å²) in [6.07, 6.45) is 1.35. The van der Waals surface area contributed by atoms with Gasteiger partial charge >= 0.3 is 5.69 Å². The van der Waals surface area contributed by atoms with Gasteiger partial charge in [-0.05, 0) is 31.0 Å². The zero-order valence-corrected chi connectivity index (χ0v) is 16.2. The van der Waals surface area contributed by atoms with Crippen molar-refractivity contribution in [3.63, 3.8) is 0 Å². The molecule has 0 radical (unpaired) electrons. The van der Waals surface area contributed by atoms with Crippen LogP contribution in [0.15, 0.2) is 39.9 Å². The van der Waals surface area contributed by atoms with E-state index in [1.807, 2.05) is 13.8 Å². The molecule has 8 heteroatoms. The SMILES string of the molecule is CCCn1c(=O)c2c(cc(-c3ccc(NC(C)=O)cc3)n2O)n(CCC)c1=O. The van der Waals surface area contributed by atoms with Crippen molar-refractivity contribution in [2.75, 3.05) is 5.32 Å². The maximum atomic E-state index is 12.9. The molecule has 8 nitrogen and oxygen atoms in total. The molecule has 0 aliphatic carbocycles. The fraction of sp³-hybridized carbons (Fsp3) is 0.350. The van der Waals surface area contributed by atoms with E-state index in [0.29, 0.717) is 42.0 Å². The molecule has 0 unspecified atom stereocenters. The van der Waals surface area contributed by atoms with Crippen LogP contribution in [0.1, 0.15) is 33.6 Å². The molecule has 3 aromatic rings. The van der Waals surface area contributed by atoms with Gasteiger partial charge in [-0.3, -0.25) is 18.7 Å². The van der Waals surface area contributed by atoms with Gasteiger partial charge in [0.25, 0.3) is 5.56 Å². The van der Waals surface area contributed by atoms with Gasteiger partial charge in [-0.2, -0.15) is 4.73 Å². The van der Waals surface area contributed by atoms with E-state index in [1.165, 1.54) is 16.1 Å². The molecule has 148 valence electrons. The Kier molecular flexibility index (Phi) is 5.39. The zero-order chi connectivity index (χ0) is 20.4. The topological polar surface area (TPSA) is 98.3 Å². The highest BCUT2D eigenvalue weighted by atomic mass is 16.5. The average Bonchev–Trinajstić information content (AvgIpc) is 3.00. The van der Waals surface area contributed by atoms with Gasteiger partial charge in [0.05, 0.1) is 11.2 Å². The summed E-state index contributed by atoms with van der Waals surface area (Å²) < 4.78 is 3.56. The highest BCUT2D eigenvalue weighted by Gasteiger charge is 2.20. The van der Waals surface area contributed by atoms with Gasteiger partial charge in [0.1, 0.15) is 0 Å². The van der Waals surface area contributed by atoms with Crippen LogP contribution in [0.4, 0.5) is 5.69 Å². The summed E-state index contributed by atoms with van der Waals surface area (Å²) >= 11 is 0. The Morgan fingerprint density at radius 3 is 2.21 bits per heavy atom. The molecular weight excluding hydrogens is 360 g/mol. The molecule has 0 aliphatic rings. The first-order valence-corrected chi connectivity index (χ1v) is 9.35. The quantitative estimate of drug-likeness (QED) is 0.638. The molecule has 2 N–H and O–H groups in total. The first-order chi connectivity index (χ1) is 13.4. The number of hydrogen-bond donors (Lipinski definition) is 2. The van der Waals surface area contributed by atoms with E-state index in [0.717, 1.165) is 11.2 Å². The number of amides is 1. The Hall–Kier alpha value is -3.29. The van der Waals surface area contributed by atoms with Crippen molar-refractivity contribution in [1.82, 2.24) is 13.9 Å². The van der Waals surface area contributed by atoms with Crippen LogP contribution in [0.25, 0.3) is 22.3 Å². The Labute approximate surface area is 161 Å². The predicted molar refractivity (Wildman–Crippen MR) is 108 cm³/mol. The second-order valence-electron chi connectivity index (χ2n) is 6.72. The minimum absolute atomic E-state index is 0.0856. The zero-order valence-electron chi connectivity index (χ0n) is 16.2. The third-order valence-corrected chi connectivity index (χ3v) is 4.55. The van der Waals surface area contributed by atoms with E-state index in [9.17, 15) is 19.6 Å². The van der Waals surface area contributed by atoms with Crippen molar-refractivity contribution in [2.45, 2.75) is 46.7 Å². The Morgan fingerprint density at radius 2 is 1.64 bits per heavy atom. The lowest BCUT2D eigenvalue weighted by Crippen LogP contribution is -2.40. The second-order valence-corrected chi connectivity index (χ2v) is 6.72. The minimum Gasteiger partial charge on any atom is -0.428 e. The molecule has 28 heavy (non-hydrogen) atoms. The number of aryl methyl sites for hydroxylation is 1. The summed E-state index contributed by atoms with van der Waals surface area (Å²) in [6, 6.07) is 8.54. The number of nitrogens with zero attached hydrogens (tertiary/aromatic N) is 3. The van der Waals surface area contributed by atoms with Gasteiger partial charge in [0.15, 0.2) is 5.52 Å². The van der Waals surface area contributed by atoms with Crippen molar-refractivity contribution in [3.05, 3.63) is 51.2 Å². The number of carbonyl (C=O) groups is 1. The number of carbonyl (C=O) groups excluding carboxylic acids is 1. The molecule has 2 aromatic heterocycles. The highest BCUT2D eigenvalue weighted by molar-refractivity contribution is 5.89. The van der Waals surface area contributed by atoms with Crippen LogP contribution >= 0.6 is 0 Å². The molecule has 0 aliphatic heterocycles. The van der Waals surface area contributed by atoms with Crippen LogP contribution in [0.5, 0.6) is 0 Å². The van der Waals surface area contributed by atoms with E-state index in [-0.39, 0.29) is 17.1 Å². The lowest BCUT2D eigenvalue weighted by atomic mass is 10.1. The lowest BCUT2D eigenvalue weighted by Gasteiger charge is -2.11. The number of hydrogen-bond acceptors (Lipinski definition) is 4. The summed E-state index contributed by atoms with van der Waals surface area (Å²) in [5, 5.41) is 13.4. The lowest BCUT2D eigenvalue weighted by molar-refractivity contribution is -0.114. The number of rotatable bonds is 6. The highest BCUT2D eigenvalue weighted by Crippen LogP contribution is 2.26. The molecule has 3 rings (SSSR count). The molecule has 1 aromatic carbocycles. The molecule has 0 atom stereocenters. The monoisotopic (exact) mass is 384 g/mol. The normalized spacial score (nSPS) is 11.1. The van der Waals surface area contributed by atoms with Gasteiger partial charge in [0, 0.05) is 31.3 Å². The maximum absolute atomic E-state index is 12.9. The average molecular weight is 384 g/mol. The predicted octanol–water partition coefficient (Wildman–Crippen LogP) is 2.65. The maximum Gasteiger partial charge on any atom is 0.331 e. The molecule has 0 bridgehead atoms. The van der Waals surface area contributed by atoms with Gasteiger partial charge in [0.2, 0.25) is 5.91 Å². The summed E-state index contributed by atoms with van der Waals surface area (Å²) in [5.74, 6) is -0.177. The fourth-order valence-electron chi connectivity index (χ4n) is 3.35. The van der Waals surface area contributed by atoms with Gasteiger partial charge < -0.3 is 10.5 Å². The fourth-order valence-corrected chi connectivity index (χ4v) is 3.35. The summed E-state index contributed by atoms with van der Waals surface area (Å²) in [7, 11) is 0. The molecular formula is C20H24N4O4. The van der Waals surface area contributed by atoms with Gasteiger partial charge in [-0.15, -0.1) is 0 Å². The number of anilines is 1. The van der Waals surface area contributed by atoms with Gasteiger partial charge in [-0.25, -0.2) is 4.79 Å². The molecule has 2 heterocycles. The van der Waals surface area contributed by atoms with Crippen molar-refractivity contribution in [1.29, 1.82) is 0 Å². The Morgan fingerprint density at radius 1 is 1.04 bits per heavy atom. The van der Waals surface area contributed by atoms with Crippen LogP contribution in [-0.4, -0.2) is 25.0 Å². The molecule has 0 fully saturated rings. The first-order valence-electron chi connectivity index (χ1n) is 9.35. The van der Waals surface area contributed by atoms with Crippen molar-refractivity contribution < 1.29 is 10.0 Å². The Balaban J connectivity index is 2.23. The first kappa shape index (κ1) is 19.5. The van der Waals surface area contributed by atoms with Crippen LogP contribution in [-0.2, 0) is 17.9 Å². The van der Waals surface area contributed by atoms with E-state index < -0.39 is 5.56 Å². The number of aromatic nitrogens is 3. The van der Waals surface area contributed by atoms with Crippen LogP contribution in [0.3, 0.4) is 0 Å². The summed E-state index contributed by atoms with van der Waals surface area (Å²) in [4.78, 5) is 36.8. The summed E-state index contributed by atoms with van der Waals surface area (Å²) in [6.45, 7) is 6.01. The van der Waals surface area contributed by atoms with Crippen molar-refractivity contribution in [3.8, 4) is 11.3 Å². The minimum atomic E-state index is -0.502. The van der Waals surface area contributed by atoms with Crippen LogP contribution in [0.2, 0.25) is 0 Å². The third kappa shape index (κ3) is 3.33. The largest absolute Gasteiger partial charge is 0.428 e.